The van der Waals surface area contributed by atoms with E-state index in [0.717, 1.165) is 48.8 Å². The summed E-state index contributed by atoms with van der Waals surface area (Å²) in [6, 6.07) is 7.87. The average Bonchev–Trinajstić information content (AvgIpc) is 2.54. The van der Waals surface area contributed by atoms with Gasteiger partial charge in [0.2, 0.25) is 11.9 Å². The first-order chi connectivity index (χ1) is 11.5. The fourth-order valence-corrected chi connectivity index (χ4v) is 3.15. The number of carbonyl (C=O) groups excluding carboxylic acids is 1. The van der Waals surface area contributed by atoms with Crippen molar-refractivity contribution in [2.45, 2.75) is 39.5 Å². The number of aromatic nitrogens is 3. The highest BCUT2D eigenvalue weighted by Crippen LogP contribution is 2.26. The Kier molecular flexibility index (Phi) is 4.74. The molecule has 1 saturated heterocycles. The van der Waals surface area contributed by atoms with Crippen molar-refractivity contribution in [3.63, 3.8) is 0 Å². The molecule has 1 N–H and O–H groups in total. The van der Waals surface area contributed by atoms with Crippen molar-refractivity contribution >= 4 is 17.7 Å². The summed E-state index contributed by atoms with van der Waals surface area (Å²) < 4.78 is 0. The molecule has 0 saturated carbocycles. The zero-order valence-electron chi connectivity index (χ0n) is 14.4. The summed E-state index contributed by atoms with van der Waals surface area (Å²) in [5, 5.41) is 3.19. The number of nitrogens with zero attached hydrogens (tertiary/aromatic N) is 4. The van der Waals surface area contributed by atoms with E-state index in [1.807, 2.05) is 43.0 Å². The number of likely N-dealkylation sites (tertiary alicyclic amines) is 1. The smallest absolute Gasteiger partial charge is 0.228 e. The number of hydrogen-bond acceptors (Lipinski definition) is 5. The largest absolute Gasteiger partial charge is 0.342 e. The van der Waals surface area contributed by atoms with Crippen LogP contribution >= 0.6 is 0 Å². The van der Waals surface area contributed by atoms with Crippen LogP contribution in [0.25, 0.3) is 0 Å². The summed E-state index contributed by atoms with van der Waals surface area (Å²) in [7, 11) is 0. The van der Waals surface area contributed by atoms with Gasteiger partial charge in [0, 0.05) is 43.0 Å². The van der Waals surface area contributed by atoms with Gasteiger partial charge in [-0.05, 0) is 44.9 Å². The molecular formula is C18H23N5O. The molecular weight excluding hydrogens is 302 g/mol. The van der Waals surface area contributed by atoms with Gasteiger partial charge < -0.3 is 10.2 Å². The average molecular weight is 325 g/mol. The van der Waals surface area contributed by atoms with Gasteiger partial charge in [0.25, 0.3) is 0 Å². The lowest BCUT2D eigenvalue weighted by molar-refractivity contribution is -0.130. The molecule has 1 aliphatic rings. The van der Waals surface area contributed by atoms with Gasteiger partial charge in [0.1, 0.15) is 5.82 Å². The standard InChI is InChI=1S/C18H23N5O/c1-12-10-13(2)20-18(19-12)22-17-8-4-7-16(21-17)15-6-5-9-23(11-15)14(3)24/h4,7-8,10,15H,5-6,9,11H2,1-3H3,(H,19,20,21,22)/t15-/m1/s1. The van der Waals surface area contributed by atoms with Gasteiger partial charge in [-0.2, -0.15) is 0 Å². The van der Waals surface area contributed by atoms with Crippen molar-refractivity contribution in [3.8, 4) is 0 Å². The van der Waals surface area contributed by atoms with Crippen molar-refractivity contribution < 1.29 is 4.79 Å². The molecule has 0 aromatic carbocycles. The molecule has 24 heavy (non-hydrogen) atoms. The van der Waals surface area contributed by atoms with Crippen LogP contribution in [-0.4, -0.2) is 38.8 Å². The summed E-state index contributed by atoms with van der Waals surface area (Å²) in [6.45, 7) is 7.11. The molecule has 0 unspecified atom stereocenters. The zero-order valence-corrected chi connectivity index (χ0v) is 14.4. The topological polar surface area (TPSA) is 71.0 Å². The molecule has 3 rings (SSSR count). The number of anilines is 2. The molecule has 2 aromatic rings. The number of pyridine rings is 1. The summed E-state index contributed by atoms with van der Waals surface area (Å²) in [5.41, 5.74) is 2.85. The van der Waals surface area contributed by atoms with E-state index >= 15 is 0 Å². The van der Waals surface area contributed by atoms with Gasteiger partial charge in [-0.1, -0.05) is 6.07 Å². The van der Waals surface area contributed by atoms with Crippen LogP contribution in [0.1, 0.15) is 42.8 Å². The maximum absolute atomic E-state index is 11.6. The third kappa shape index (κ3) is 3.88. The Balaban J connectivity index is 1.77. The van der Waals surface area contributed by atoms with Gasteiger partial charge in [0.05, 0.1) is 0 Å². The first kappa shape index (κ1) is 16.4. The molecule has 1 aliphatic heterocycles. The Bertz CT molecular complexity index is 726. The number of piperidine rings is 1. The normalized spacial score (nSPS) is 17.6. The minimum atomic E-state index is 0.137. The lowest BCUT2D eigenvalue weighted by atomic mass is 9.94. The monoisotopic (exact) mass is 325 g/mol. The van der Waals surface area contributed by atoms with Gasteiger partial charge in [0.15, 0.2) is 0 Å². The van der Waals surface area contributed by atoms with Crippen molar-refractivity contribution in [2.24, 2.45) is 0 Å². The molecule has 2 aromatic heterocycles. The minimum Gasteiger partial charge on any atom is -0.342 e. The third-order valence-electron chi connectivity index (χ3n) is 4.28. The molecule has 0 radical (unpaired) electrons. The van der Waals surface area contributed by atoms with E-state index in [9.17, 15) is 4.79 Å². The second-order valence-electron chi connectivity index (χ2n) is 6.35. The van der Waals surface area contributed by atoms with Crippen molar-refractivity contribution in [3.05, 3.63) is 41.3 Å². The quantitative estimate of drug-likeness (QED) is 0.939. The van der Waals surface area contributed by atoms with Crippen LogP contribution in [0.15, 0.2) is 24.3 Å². The number of nitrogens with one attached hydrogen (secondary N) is 1. The van der Waals surface area contributed by atoms with E-state index in [1.165, 1.54) is 0 Å². The summed E-state index contributed by atoms with van der Waals surface area (Å²) in [6.07, 6.45) is 2.07. The van der Waals surface area contributed by atoms with Gasteiger partial charge >= 0.3 is 0 Å². The van der Waals surface area contributed by atoms with Crippen molar-refractivity contribution in [2.75, 3.05) is 18.4 Å². The molecule has 1 fully saturated rings. The fraction of sp³-hybridized carbons (Fsp3) is 0.444. The highest BCUT2D eigenvalue weighted by atomic mass is 16.2. The maximum atomic E-state index is 11.6. The summed E-state index contributed by atoms with van der Waals surface area (Å²) >= 11 is 0. The molecule has 0 aliphatic carbocycles. The third-order valence-corrected chi connectivity index (χ3v) is 4.28. The molecule has 0 spiro atoms. The zero-order chi connectivity index (χ0) is 17.1. The highest BCUT2D eigenvalue weighted by molar-refractivity contribution is 5.73. The van der Waals surface area contributed by atoms with Crippen LogP contribution in [0.5, 0.6) is 0 Å². The molecule has 1 atom stereocenters. The summed E-state index contributed by atoms with van der Waals surface area (Å²) in [4.78, 5) is 27.0. The summed E-state index contributed by atoms with van der Waals surface area (Å²) in [5.74, 6) is 1.71. The Morgan fingerprint density at radius 3 is 2.67 bits per heavy atom. The Morgan fingerprint density at radius 1 is 1.21 bits per heavy atom. The number of amides is 1. The van der Waals surface area contributed by atoms with Crippen LogP contribution in [0.4, 0.5) is 11.8 Å². The van der Waals surface area contributed by atoms with E-state index in [0.29, 0.717) is 5.95 Å². The van der Waals surface area contributed by atoms with E-state index in [2.05, 4.69) is 15.3 Å². The lowest BCUT2D eigenvalue weighted by Crippen LogP contribution is -2.37. The van der Waals surface area contributed by atoms with Crippen molar-refractivity contribution in [1.29, 1.82) is 0 Å². The van der Waals surface area contributed by atoms with E-state index in [1.54, 1.807) is 6.92 Å². The first-order valence-electron chi connectivity index (χ1n) is 8.33. The van der Waals surface area contributed by atoms with E-state index < -0.39 is 0 Å². The Morgan fingerprint density at radius 2 is 1.96 bits per heavy atom. The molecule has 6 nitrogen and oxygen atoms in total. The highest BCUT2D eigenvalue weighted by Gasteiger charge is 2.23. The van der Waals surface area contributed by atoms with Gasteiger partial charge in [-0.15, -0.1) is 0 Å². The fourth-order valence-electron chi connectivity index (χ4n) is 3.15. The van der Waals surface area contributed by atoms with Gasteiger partial charge in [-0.25, -0.2) is 15.0 Å². The first-order valence-corrected chi connectivity index (χ1v) is 8.33. The van der Waals surface area contributed by atoms with Crippen LogP contribution in [0.3, 0.4) is 0 Å². The second-order valence-corrected chi connectivity index (χ2v) is 6.35. The number of carbonyl (C=O) groups is 1. The predicted octanol–water partition coefficient (Wildman–Crippen LogP) is 2.96. The minimum absolute atomic E-state index is 0.137. The van der Waals surface area contributed by atoms with Crippen LogP contribution in [0.2, 0.25) is 0 Å². The van der Waals surface area contributed by atoms with Crippen LogP contribution in [0, 0.1) is 13.8 Å². The predicted molar refractivity (Wildman–Crippen MR) is 93.3 cm³/mol. The molecule has 6 heteroatoms. The maximum Gasteiger partial charge on any atom is 0.228 e. The van der Waals surface area contributed by atoms with Crippen LogP contribution < -0.4 is 5.32 Å². The molecule has 126 valence electrons. The SMILES string of the molecule is CC(=O)N1CCC[C@@H](c2cccc(Nc3nc(C)cc(C)n3)n2)C1. The van der Waals surface area contributed by atoms with E-state index in [-0.39, 0.29) is 11.8 Å². The van der Waals surface area contributed by atoms with Crippen molar-refractivity contribution in [1.82, 2.24) is 19.9 Å². The molecule has 0 bridgehead atoms. The Labute approximate surface area is 142 Å². The van der Waals surface area contributed by atoms with Crippen LogP contribution in [-0.2, 0) is 4.79 Å². The van der Waals surface area contributed by atoms with Gasteiger partial charge in [-0.3, -0.25) is 4.79 Å². The Hall–Kier alpha value is -2.50. The second kappa shape index (κ2) is 6.95. The number of rotatable bonds is 3. The molecule has 1 amide bonds. The number of hydrogen-bond donors (Lipinski definition) is 1. The lowest BCUT2D eigenvalue weighted by Gasteiger charge is -2.31. The number of aryl methyl sites for hydroxylation is 2. The van der Waals surface area contributed by atoms with E-state index in [4.69, 9.17) is 4.98 Å². The molecule has 3 heterocycles.